The predicted octanol–water partition coefficient (Wildman–Crippen LogP) is 0.664. The lowest BCUT2D eigenvalue weighted by atomic mass is 10.4. The van der Waals surface area contributed by atoms with Gasteiger partial charge in [0.2, 0.25) is 0 Å². The van der Waals surface area contributed by atoms with E-state index < -0.39 is 0 Å². The number of nitrogens with one attached hydrogen (secondary N) is 2. The quantitative estimate of drug-likeness (QED) is 0.725. The number of nitrogens with zero attached hydrogens (tertiary/aromatic N) is 3. The summed E-state index contributed by atoms with van der Waals surface area (Å²) in [5.41, 5.74) is 0. The SMILES string of the molecule is CCn1ccc(NC2=NCCCN2)n1. The Morgan fingerprint density at radius 2 is 2.57 bits per heavy atom. The zero-order valence-electron chi connectivity index (χ0n) is 8.32. The molecule has 0 radical (unpaired) electrons. The summed E-state index contributed by atoms with van der Waals surface area (Å²) in [6.45, 7) is 4.83. The van der Waals surface area contributed by atoms with Gasteiger partial charge in [-0.05, 0) is 13.3 Å². The average Bonchev–Trinajstić information content (AvgIpc) is 2.67. The van der Waals surface area contributed by atoms with Crippen molar-refractivity contribution in [2.45, 2.75) is 19.9 Å². The maximum Gasteiger partial charge on any atom is 0.197 e. The molecule has 5 heteroatoms. The highest BCUT2D eigenvalue weighted by atomic mass is 15.3. The standard InChI is InChI=1S/C9H15N5/c1-2-14-7-4-8(13-14)12-9-10-5-3-6-11-9/h4,7H,2-3,5-6H2,1H3,(H2,10,11,12,13). The van der Waals surface area contributed by atoms with Crippen LogP contribution < -0.4 is 10.6 Å². The first-order valence-corrected chi connectivity index (χ1v) is 4.97. The topological polar surface area (TPSA) is 54.2 Å². The zero-order chi connectivity index (χ0) is 9.80. The van der Waals surface area contributed by atoms with Gasteiger partial charge in [0.1, 0.15) is 0 Å². The van der Waals surface area contributed by atoms with Crippen LogP contribution in [-0.2, 0) is 6.54 Å². The van der Waals surface area contributed by atoms with Gasteiger partial charge in [-0.3, -0.25) is 9.67 Å². The van der Waals surface area contributed by atoms with Crippen LogP contribution in [0.3, 0.4) is 0 Å². The van der Waals surface area contributed by atoms with Gasteiger partial charge in [-0.25, -0.2) is 0 Å². The third-order valence-electron chi connectivity index (χ3n) is 2.11. The van der Waals surface area contributed by atoms with Crippen molar-refractivity contribution in [3.63, 3.8) is 0 Å². The minimum Gasteiger partial charge on any atom is -0.356 e. The highest BCUT2D eigenvalue weighted by Crippen LogP contribution is 2.02. The number of aliphatic imine (C=N–C) groups is 1. The Kier molecular flexibility index (Phi) is 2.67. The molecule has 14 heavy (non-hydrogen) atoms. The number of hydrogen-bond acceptors (Lipinski definition) is 4. The van der Waals surface area contributed by atoms with Gasteiger partial charge in [0.25, 0.3) is 0 Å². The lowest BCUT2D eigenvalue weighted by Gasteiger charge is -2.14. The second-order valence-electron chi connectivity index (χ2n) is 3.19. The van der Waals surface area contributed by atoms with E-state index in [1.807, 2.05) is 16.9 Å². The van der Waals surface area contributed by atoms with E-state index in [1.165, 1.54) is 0 Å². The Morgan fingerprint density at radius 3 is 3.21 bits per heavy atom. The van der Waals surface area contributed by atoms with Crippen LogP contribution in [0, 0.1) is 0 Å². The minimum atomic E-state index is 0.831. The van der Waals surface area contributed by atoms with Gasteiger partial charge in [0, 0.05) is 31.9 Å². The van der Waals surface area contributed by atoms with Crippen LogP contribution in [0.4, 0.5) is 5.82 Å². The molecule has 0 unspecified atom stereocenters. The van der Waals surface area contributed by atoms with Crippen molar-refractivity contribution in [1.82, 2.24) is 15.1 Å². The van der Waals surface area contributed by atoms with E-state index >= 15 is 0 Å². The minimum absolute atomic E-state index is 0.831. The Labute approximate surface area is 83.2 Å². The molecule has 1 aromatic heterocycles. The van der Waals surface area contributed by atoms with Gasteiger partial charge in [-0.15, -0.1) is 0 Å². The molecule has 1 aliphatic rings. The van der Waals surface area contributed by atoms with Crippen LogP contribution >= 0.6 is 0 Å². The summed E-state index contributed by atoms with van der Waals surface area (Å²) in [7, 11) is 0. The van der Waals surface area contributed by atoms with Gasteiger partial charge in [0.15, 0.2) is 11.8 Å². The number of rotatable bonds is 2. The van der Waals surface area contributed by atoms with E-state index in [9.17, 15) is 0 Å². The second-order valence-corrected chi connectivity index (χ2v) is 3.19. The highest BCUT2D eigenvalue weighted by Gasteiger charge is 2.05. The zero-order valence-corrected chi connectivity index (χ0v) is 8.32. The van der Waals surface area contributed by atoms with Crippen molar-refractivity contribution >= 4 is 11.8 Å². The van der Waals surface area contributed by atoms with Crippen LogP contribution in [0.2, 0.25) is 0 Å². The molecule has 0 aromatic carbocycles. The molecular weight excluding hydrogens is 178 g/mol. The van der Waals surface area contributed by atoms with Crippen LogP contribution in [0.25, 0.3) is 0 Å². The second kappa shape index (κ2) is 4.13. The molecule has 0 atom stereocenters. The molecule has 0 spiro atoms. The van der Waals surface area contributed by atoms with E-state index in [4.69, 9.17) is 0 Å². The molecule has 2 rings (SSSR count). The molecule has 2 heterocycles. The number of hydrogen-bond donors (Lipinski definition) is 2. The summed E-state index contributed by atoms with van der Waals surface area (Å²) in [5, 5.41) is 10.6. The maximum absolute atomic E-state index is 4.31. The van der Waals surface area contributed by atoms with Crippen molar-refractivity contribution < 1.29 is 0 Å². The Bertz CT molecular complexity index is 328. The van der Waals surface area contributed by atoms with E-state index in [0.717, 1.165) is 37.8 Å². The molecule has 0 fully saturated rings. The van der Waals surface area contributed by atoms with Crippen molar-refractivity contribution in [2.75, 3.05) is 18.4 Å². The lowest BCUT2D eigenvalue weighted by molar-refractivity contribution is 0.662. The Morgan fingerprint density at radius 1 is 1.64 bits per heavy atom. The van der Waals surface area contributed by atoms with Crippen LogP contribution in [0.15, 0.2) is 17.3 Å². The number of aromatic nitrogens is 2. The molecule has 0 saturated carbocycles. The monoisotopic (exact) mass is 193 g/mol. The van der Waals surface area contributed by atoms with Gasteiger partial charge >= 0.3 is 0 Å². The molecule has 0 saturated heterocycles. The lowest BCUT2D eigenvalue weighted by Crippen LogP contribution is -2.35. The van der Waals surface area contributed by atoms with Gasteiger partial charge < -0.3 is 10.6 Å². The van der Waals surface area contributed by atoms with Crippen molar-refractivity contribution in [3.05, 3.63) is 12.3 Å². The predicted molar refractivity (Wildman–Crippen MR) is 56.4 cm³/mol. The summed E-state index contributed by atoms with van der Waals surface area (Å²) < 4.78 is 1.88. The first kappa shape index (κ1) is 9.05. The van der Waals surface area contributed by atoms with E-state index in [1.54, 1.807) is 0 Å². The average molecular weight is 193 g/mol. The van der Waals surface area contributed by atoms with Gasteiger partial charge in [-0.1, -0.05) is 0 Å². The fourth-order valence-corrected chi connectivity index (χ4v) is 1.34. The number of anilines is 1. The van der Waals surface area contributed by atoms with Crippen LogP contribution in [-0.4, -0.2) is 28.8 Å². The molecule has 2 N–H and O–H groups in total. The molecule has 76 valence electrons. The normalized spacial score (nSPS) is 15.9. The number of aryl methyl sites for hydroxylation is 1. The highest BCUT2D eigenvalue weighted by molar-refractivity contribution is 5.92. The molecule has 0 aliphatic carbocycles. The van der Waals surface area contributed by atoms with E-state index in [-0.39, 0.29) is 0 Å². The van der Waals surface area contributed by atoms with Crippen molar-refractivity contribution in [3.8, 4) is 0 Å². The fourth-order valence-electron chi connectivity index (χ4n) is 1.34. The Balaban J connectivity index is 1.99. The van der Waals surface area contributed by atoms with Gasteiger partial charge in [-0.2, -0.15) is 5.10 Å². The third-order valence-corrected chi connectivity index (χ3v) is 2.11. The molecule has 1 aliphatic heterocycles. The molecule has 0 bridgehead atoms. The summed E-state index contributed by atoms with van der Waals surface area (Å²) in [5.74, 6) is 1.68. The van der Waals surface area contributed by atoms with Crippen LogP contribution in [0.5, 0.6) is 0 Å². The maximum atomic E-state index is 4.31. The molecule has 5 nitrogen and oxygen atoms in total. The number of guanidine groups is 1. The smallest absolute Gasteiger partial charge is 0.197 e. The largest absolute Gasteiger partial charge is 0.356 e. The summed E-state index contributed by atoms with van der Waals surface area (Å²) in [4.78, 5) is 4.30. The summed E-state index contributed by atoms with van der Waals surface area (Å²) >= 11 is 0. The van der Waals surface area contributed by atoms with E-state index in [2.05, 4.69) is 27.6 Å². The fraction of sp³-hybridized carbons (Fsp3) is 0.556. The summed E-state index contributed by atoms with van der Waals surface area (Å²) in [6, 6.07) is 1.95. The van der Waals surface area contributed by atoms with E-state index in [0.29, 0.717) is 0 Å². The molecule has 0 amide bonds. The first-order chi connectivity index (χ1) is 6.88. The Hall–Kier alpha value is -1.52. The van der Waals surface area contributed by atoms with Crippen LogP contribution in [0.1, 0.15) is 13.3 Å². The van der Waals surface area contributed by atoms with Gasteiger partial charge in [0.05, 0.1) is 0 Å². The van der Waals surface area contributed by atoms with Crippen molar-refractivity contribution in [1.29, 1.82) is 0 Å². The van der Waals surface area contributed by atoms with Crippen molar-refractivity contribution in [2.24, 2.45) is 4.99 Å². The molecule has 1 aromatic rings. The first-order valence-electron chi connectivity index (χ1n) is 4.97. The summed E-state index contributed by atoms with van der Waals surface area (Å²) in [6.07, 6.45) is 3.06. The molecular formula is C9H15N5. The third kappa shape index (κ3) is 2.04.